The van der Waals surface area contributed by atoms with Gasteiger partial charge in [0.2, 0.25) is 0 Å². The van der Waals surface area contributed by atoms with Gasteiger partial charge in [0.15, 0.2) is 0 Å². The number of aromatic carboxylic acids is 1. The Morgan fingerprint density at radius 3 is 1.12 bits per heavy atom. The van der Waals surface area contributed by atoms with E-state index >= 15 is 0 Å². The number of benzene rings is 5. The van der Waals surface area contributed by atoms with E-state index in [0.29, 0.717) is 73.6 Å². The molecule has 0 saturated carbocycles. The third-order valence-corrected chi connectivity index (χ3v) is 11.2. The molecule has 0 amide bonds. The molecule has 1 N–H and O–H groups in total. The van der Waals surface area contributed by atoms with Gasteiger partial charge in [0, 0.05) is 12.2 Å². The minimum absolute atomic E-state index is 0.247. The number of hydrogen-bond donors (Lipinski definition) is 1. The van der Waals surface area contributed by atoms with Gasteiger partial charge in [0.25, 0.3) is 0 Å². The zero-order valence-corrected chi connectivity index (χ0v) is 42.1. The third kappa shape index (κ3) is 23.8. The van der Waals surface area contributed by atoms with Gasteiger partial charge in [-0.15, -0.1) is 0 Å². The summed E-state index contributed by atoms with van der Waals surface area (Å²) in [5.74, 6) is -0.154. The summed E-state index contributed by atoms with van der Waals surface area (Å²) in [6, 6.07) is 37.1. The summed E-state index contributed by atoms with van der Waals surface area (Å²) in [6.45, 7) is 9.64. The first-order valence-corrected chi connectivity index (χ1v) is 25.1. The number of ether oxygens (including phenoxy) is 7. The van der Waals surface area contributed by atoms with Crippen molar-refractivity contribution < 1.29 is 62.2 Å². The second kappa shape index (κ2) is 35.0. The molecule has 14 nitrogen and oxygen atoms in total. The predicted molar refractivity (Wildman–Crippen MR) is 282 cm³/mol. The minimum Gasteiger partial charge on any atom is -0.494 e. The summed E-state index contributed by atoms with van der Waals surface area (Å²) in [6.07, 6.45) is 15.5. The van der Waals surface area contributed by atoms with Crippen molar-refractivity contribution in [3.05, 3.63) is 169 Å². The van der Waals surface area contributed by atoms with Gasteiger partial charge in [-0.2, -0.15) is 5.26 Å². The maximum atomic E-state index is 12.6. The highest BCUT2D eigenvalue weighted by Gasteiger charge is 2.12. The van der Waals surface area contributed by atoms with E-state index in [1.54, 1.807) is 60.7 Å². The lowest BCUT2D eigenvalue weighted by Gasteiger charge is -2.09. The number of carboxylic acid groups (broad SMARTS) is 1. The second-order valence-corrected chi connectivity index (χ2v) is 16.9. The van der Waals surface area contributed by atoms with Gasteiger partial charge in [-0.25, -0.2) is 24.0 Å². The molecule has 5 rings (SSSR count). The number of esters is 4. The van der Waals surface area contributed by atoms with Crippen LogP contribution in [0, 0.1) is 11.3 Å². The highest BCUT2D eigenvalue weighted by molar-refractivity contribution is 5.92. The highest BCUT2D eigenvalue weighted by Crippen LogP contribution is 2.24. The molecule has 5 aromatic rings. The lowest BCUT2D eigenvalue weighted by Crippen LogP contribution is -2.09. The second-order valence-electron chi connectivity index (χ2n) is 16.9. The molecule has 0 unspecified atom stereocenters. The average molecular weight is 1010 g/mol. The van der Waals surface area contributed by atoms with Crippen molar-refractivity contribution in [1.82, 2.24) is 0 Å². The van der Waals surface area contributed by atoms with Gasteiger partial charge in [-0.1, -0.05) is 63.1 Å². The lowest BCUT2D eigenvalue weighted by molar-refractivity contribution is -0.138. The maximum Gasteiger partial charge on any atom is 0.343 e. The third-order valence-electron chi connectivity index (χ3n) is 11.2. The maximum absolute atomic E-state index is 12.6. The zero-order valence-electron chi connectivity index (χ0n) is 42.1. The first-order valence-electron chi connectivity index (χ1n) is 25.1. The van der Waals surface area contributed by atoms with Crippen LogP contribution < -0.4 is 18.9 Å². The van der Waals surface area contributed by atoms with E-state index < -0.39 is 23.9 Å². The Bertz CT molecular complexity index is 2510. The quantitative estimate of drug-likeness (QED) is 0.0137. The summed E-state index contributed by atoms with van der Waals surface area (Å²) in [5, 5.41) is 17.7. The first-order chi connectivity index (χ1) is 36.1. The van der Waals surface area contributed by atoms with Crippen molar-refractivity contribution >= 4 is 29.8 Å². The van der Waals surface area contributed by atoms with Crippen molar-refractivity contribution in [3.63, 3.8) is 0 Å². The number of nitriles is 1. The van der Waals surface area contributed by atoms with Crippen LogP contribution in [0.2, 0.25) is 0 Å². The van der Waals surface area contributed by atoms with Gasteiger partial charge in [-0.05, 0) is 172 Å². The summed E-state index contributed by atoms with van der Waals surface area (Å²) in [7, 11) is 0. The van der Waals surface area contributed by atoms with Crippen molar-refractivity contribution in [2.75, 3.05) is 39.6 Å². The molecular weight excluding hydrogens is 943 g/mol. The molecule has 0 aromatic heterocycles. The van der Waals surface area contributed by atoms with Gasteiger partial charge in [0.05, 0.1) is 68.0 Å². The number of unbranched alkanes of at least 4 members (excludes halogenated alkanes) is 11. The van der Waals surface area contributed by atoms with Gasteiger partial charge >= 0.3 is 29.8 Å². The Morgan fingerprint density at radius 2 is 0.730 bits per heavy atom. The molecule has 0 atom stereocenters. The van der Waals surface area contributed by atoms with E-state index in [2.05, 4.69) is 19.2 Å². The first kappa shape index (κ1) is 58.4. The van der Waals surface area contributed by atoms with Crippen LogP contribution in [0.25, 0.3) is 11.1 Å². The van der Waals surface area contributed by atoms with Crippen LogP contribution in [0.1, 0.15) is 127 Å². The fourth-order valence-corrected chi connectivity index (χ4v) is 7.00. The van der Waals surface area contributed by atoms with Gasteiger partial charge < -0.3 is 38.3 Å². The molecule has 0 aliphatic heterocycles. The van der Waals surface area contributed by atoms with E-state index in [1.165, 1.54) is 12.1 Å². The van der Waals surface area contributed by atoms with E-state index in [1.807, 2.05) is 48.5 Å². The number of carbonyl (C=O) groups is 5. The van der Waals surface area contributed by atoms with Crippen LogP contribution in [0.5, 0.6) is 23.0 Å². The minimum atomic E-state index is -0.946. The smallest absolute Gasteiger partial charge is 0.343 e. The van der Waals surface area contributed by atoms with Crippen LogP contribution in [-0.2, 0) is 23.8 Å². The Balaban J connectivity index is 0.000000472. The van der Waals surface area contributed by atoms with Crippen molar-refractivity contribution in [3.8, 4) is 40.2 Å². The SMILES string of the molecule is C=CC(=O)OCCCCCCOc1ccc(C(=O)O)cc1.C=CC(=O)OCCCCCCOc1ccc(C(=O)Oc2ccc(C(=O)OCCCCCCCCOc3ccc(-c4ccc(C#N)cc4)cc3)cc2)cc1. The number of rotatable bonds is 33. The molecule has 0 radical (unpaired) electrons. The van der Waals surface area contributed by atoms with Gasteiger partial charge in [-0.3, -0.25) is 0 Å². The van der Waals surface area contributed by atoms with Crippen molar-refractivity contribution in [1.29, 1.82) is 5.26 Å². The molecule has 0 bridgehead atoms. The number of hydrogen-bond acceptors (Lipinski definition) is 13. The molecule has 0 aliphatic rings. The van der Waals surface area contributed by atoms with Crippen LogP contribution in [0.4, 0.5) is 0 Å². The Morgan fingerprint density at radius 1 is 0.405 bits per heavy atom. The van der Waals surface area contributed by atoms with Crippen molar-refractivity contribution in [2.24, 2.45) is 0 Å². The predicted octanol–water partition coefficient (Wildman–Crippen LogP) is 12.7. The summed E-state index contributed by atoms with van der Waals surface area (Å²) in [4.78, 5) is 57.6. The van der Waals surface area contributed by atoms with E-state index in [4.69, 9.17) is 43.5 Å². The van der Waals surface area contributed by atoms with Crippen LogP contribution >= 0.6 is 0 Å². The number of carbonyl (C=O) groups excluding carboxylic acids is 4. The summed E-state index contributed by atoms with van der Waals surface area (Å²) < 4.78 is 37.9. The molecule has 14 heteroatoms. The molecule has 390 valence electrons. The largest absolute Gasteiger partial charge is 0.494 e. The topological polar surface area (TPSA) is 194 Å². The average Bonchev–Trinajstić information content (AvgIpc) is 3.43. The van der Waals surface area contributed by atoms with E-state index in [0.717, 1.165) is 119 Å². The van der Waals surface area contributed by atoms with Crippen molar-refractivity contribution in [2.45, 2.75) is 89.9 Å². The monoisotopic (exact) mass is 1010 g/mol. The standard InChI is InChI=1S/C44H47NO8.C16H20O5/c1-2-42(46)51-31-11-8-7-10-30-50-40-25-19-38(20-26-40)44(48)53-41-27-21-37(22-28-41)43(47)52-32-12-6-4-3-5-9-29-49-39-23-17-36(18-24-39)35-15-13-34(33-45)14-16-35;1-2-15(17)21-12-6-4-3-5-11-20-14-9-7-13(8-10-14)16(18)19/h2,13-28H,1,3-12,29-32H2;2,7-10H,1,3-6,11-12H2,(H,18,19). The Labute approximate surface area is 434 Å². The molecule has 0 spiro atoms. The van der Waals surface area contributed by atoms with Crippen LogP contribution in [-0.4, -0.2) is 74.6 Å². The molecular formula is C60H67NO13. The van der Waals surface area contributed by atoms with Gasteiger partial charge in [0.1, 0.15) is 23.0 Å². The summed E-state index contributed by atoms with van der Waals surface area (Å²) in [5.41, 5.74) is 3.82. The van der Waals surface area contributed by atoms with Crippen LogP contribution in [0.3, 0.4) is 0 Å². The number of nitrogens with zero attached hydrogens (tertiary/aromatic N) is 1. The Kier molecular flexibility index (Phi) is 27.6. The Hall–Kier alpha value is -8.18. The fourth-order valence-electron chi connectivity index (χ4n) is 7.00. The summed E-state index contributed by atoms with van der Waals surface area (Å²) >= 11 is 0. The zero-order chi connectivity index (χ0) is 53.0. The van der Waals surface area contributed by atoms with E-state index in [-0.39, 0.29) is 11.5 Å². The van der Waals surface area contributed by atoms with Crippen LogP contribution in [0.15, 0.2) is 147 Å². The normalized spacial score (nSPS) is 10.3. The molecule has 0 aliphatic carbocycles. The lowest BCUT2D eigenvalue weighted by atomic mass is 10.0. The molecule has 5 aromatic carbocycles. The fraction of sp³-hybridized carbons (Fsp3) is 0.333. The molecule has 0 heterocycles. The van der Waals surface area contributed by atoms with E-state index in [9.17, 15) is 24.0 Å². The highest BCUT2D eigenvalue weighted by atomic mass is 16.5. The molecule has 0 fully saturated rings. The molecule has 74 heavy (non-hydrogen) atoms. The number of carboxylic acids is 1. The molecule has 0 saturated heterocycles.